The third kappa shape index (κ3) is 2.81. The lowest BCUT2D eigenvalue weighted by molar-refractivity contribution is -0.925. The van der Waals surface area contributed by atoms with Crippen molar-refractivity contribution in [3.8, 4) is 5.69 Å². The molecular formula is C17H25N4+. The zero-order valence-corrected chi connectivity index (χ0v) is 13.1. The highest BCUT2D eigenvalue weighted by Crippen LogP contribution is 2.21. The summed E-state index contributed by atoms with van der Waals surface area (Å²) >= 11 is 0. The quantitative estimate of drug-likeness (QED) is 0.805. The molecule has 21 heavy (non-hydrogen) atoms. The Balaban J connectivity index is 1.69. The van der Waals surface area contributed by atoms with Crippen LogP contribution in [0.1, 0.15) is 13.8 Å². The highest BCUT2D eigenvalue weighted by atomic mass is 15.4. The number of hydrogen-bond acceptors (Lipinski definition) is 2. The van der Waals surface area contributed by atoms with Gasteiger partial charge in [-0.15, -0.1) is 0 Å². The summed E-state index contributed by atoms with van der Waals surface area (Å²) in [5.74, 6) is 0. The van der Waals surface area contributed by atoms with E-state index in [0.29, 0.717) is 0 Å². The van der Waals surface area contributed by atoms with Crippen LogP contribution in [-0.4, -0.2) is 53.5 Å². The topological polar surface area (TPSA) is 21.1 Å². The van der Waals surface area contributed by atoms with Crippen LogP contribution < -0.4 is 4.90 Å². The molecule has 2 heterocycles. The van der Waals surface area contributed by atoms with Crippen molar-refractivity contribution < 1.29 is 4.48 Å². The molecule has 0 saturated carbocycles. The zero-order valence-electron chi connectivity index (χ0n) is 13.1. The number of aromatic nitrogens is 2. The number of benzene rings is 1. The molecule has 0 atom stereocenters. The lowest BCUT2D eigenvalue weighted by Gasteiger charge is -2.44. The summed E-state index contributed by atoms with van der Waals surface area (Å²) < 4.78 is 3.16. The van der Waals surface area contributed by atoms with Gasteiger partial charge in [-0.1, -0.05) is 0 Å². The average molecular weight is 285 g/mol. The largest absolute Gasteiger partial charge is 0.360 e. The smallest absolute Gasteiger partial charge is 0.0965 e. The van der Waals surface area contributed by atoms with Crippen LogP contribution in [0.15, 0.2) is 42.7 Å². The van der Waals surface area contributed by atoms with Gasteiger partial charge in [0.25, 0.3) is 0 Å². The summed E-state index contributed by atoms with van der Waals surface area (Å²) in [6.45, 7) is 12.0. The van der Waals surface area contributed by atoms with Crippen LogP contribution in [-0.2, 0) is 0 Å². The van der Waals surface area contributed by atoms with Gasteiger partial charge in [0.05, 0.1) is 45.0 Å². The second kappa shape index (κ2) is 5.90. The SMILES string of the molecule is CC[N+]1(CC)CCN(c2ccc(-n3cccn3)cc2)CC1. The molecular weight excluding hydrogens is 260 g/mol. The molecule has 0 unspecified atom stereocenters. The minimum Gasteiger partial charge on any atom is -0.360 e. The maximum Gasteiger partial charge on any atom is 0.0965 e. The Morgan fingerprint density at radius 1 is 1.00 bits per heavy atom. The van der Waals surface area contributed by atoms with Crippen molar-refractivity contribution in [2.24, 2.45) is 0 Å². The molecule has 4 nitrogen and oxygen atoms in total. The molecule has 1 fully saturated rings. The van der Waals surface area contributed by atoms with Crippen LogP contribution in [0, 0.1) is 0 Å². The van der Waals surface area contributed by atoms with Gasteiger partial charge in [-0.25, -0.2) is 4.68 Å². The van der Waals surface area contributed by atoms with Crippen molar-refractivity contribution in [1.29, 1.82) is 0 Å². The summed E-state index contributed by atoms with van der Waals surface area (Å²) in [7, 11) is 0. The molecule has 0 radical (unpaired) electrons. The van der Waals surface area contributed by atoms with E-state index in [4.69, 9.17) is 0 Å². The first-order valence-electron chi connectivity index (χ1n) is 7.96. The Morgan fingerprint density at radius 2 is 1.62 bits per heavy atom. The fourth-order valence-corrected chi connectivity index (χ4v) is 3.24. The first-order valence-corrected chi connectivity index (χ1v) is 7.96. The number of rotatable bonds is 4. The van der Waals surface area contributed by atoms with Crippen LogP contribution >= 0.6 is 0 Å². The molecule has 1 aromatic carbocycles. The number of hydrogen-bond donors (Lipinski definition) is 0. The van der Waals surface area contributed by atoms with E-state index in [0.717, 1.165) is 18.8 Å². The van der Waals surface area contributed by atoms with E-state index in [1.54, 1.807) is 0 Å². The Hall–Kier alpha value is -1.81. The zero-order chi connectivity index (χ0) is 14.7. The van der Waals surface area contributed by atoms with E-state index >= 15 is 0 Å². The number of nitrogens with zero attached hydrogens (tertiary/aromatic N) is 4. The van der Waals surface area contributed by atoms with Crippen molar-refractivity contribution in [1.82, 2.24) is 9.78 Å². The third-order valence-electron chi connectivity index (χ3n) is 5.01. The van der Waals surface area contributed by atoms with E-state index in [9.17, 15) is 0 Å². The van der Waals surface area contributed by atoms with Crippen molar-refractivity contribution in [2.75, 3.05) is 44.2 Å². The highest BCUT2D eigenvalue weighted by molar-refractivity contribution is 5.51. The standard InChI is InChI=1S/C17H25N4/c1-3-21(4-2)14-12-19(13-15-21)16-6-8-17(9-7-16)20-11-5-10-18-20/h5-11H,3-4,12-15H2,1-2H3/q+1. The average Bonchev–Trinajstić information content (AvgIpc) is 3.10. The maximum atomic E-state index is 4.27. The lowest BCUT2D eigenvalue weighted by Crippen LogP contribution is -2.59. The minimum atomic E-state index is 1.12. The van der Waals surface area contributed by atoms with Gasteiger partial charge in [0, 0.05) is 18.1 Å². The molecule has 0 amide bonds. The Bertz CT molecular complexity index is 545. The Kier molecular flexibility index (Phi) is 3.97. The van der Waals surface area contributed by atoms with Crippen LogP contribution in [0.25, 0.3) is 5.69 Å². The summed E-state index contributed by atoms with van der Waals surface area (Å²) in [6, 6.07) is 10.7. The molecule has 0 N–H and O–H groups in total. The Morgan fingerprint density at radius 3 is 2.14 bits per heavy atom. The molecule has 0 spiro atoms. The molecule has 1 aliphatic rings. The molecule has 1 saturated heterocycles. The first-order chi connectivity index (χ1) is 10.3. The monoisotopic (exact) mass is 285 g/mol. The first kappa shape index (κ1) is 14.1. The summed E-state index contributed by atoms with van der Waals surface area (Å²) in [5.41, 5.74) is 2.45. The molecule has 1 aromatic heterocycles. The van der Waals surface area contributed by atoms with Gasteiger partial charge in [0.1, 0.15) is 0 Å². The van der Waals surface area contributed by atoms with E-state index in [2.05, 4.69) is 48.1 Å². The van der Waals surface area contributed by atoms with Gasteiger partial charge in [-0.2, -0.15) is 5.10 Å². The van der Waals surface area contributed by atoms with Gasteiger partial charge >= 0.3 is 0 Å². The normalized spacial score (nSPS) is 17.9. The molecule has 0 aliphatic carbocycles. The van der Waals surface area contributed by atoms with Crippen LogP contribution in [0.2, 0.25) is 0 Å². The van der Waals surface area contributed by atoms with Crippen LogP contribution in [0.5, 0.6) is 0 Å². The number of anilines is 1. The van der Waals surface area contributed by atoms with Gasteiger partial charge in [0.15, 0.2) is 0 Å². The van der Waals surface area contributed by atoms with Crippen LogP contribution in [0.4, 0.5) is 5.69 Å². The van der Waals surface area contributed by atoms with E-state index < -0.39 is 0 Å². The van der Waals surface area contributed by atoms with E-state index in [1.807, 2.05) is 23.1 Å². The van der Waals surface area contributed by atoms with Crippen molar-refractivity contribution >= 4 is 5.69 Å². The predicted molar refractivity (Wildman–Crippen MR) is 86.9 cm³/mol. The molecule has 2 aromatic rings. The third-order valence-corrected chi connectivity index (χ3v) is 5.01. The Labute approximate surface area is 127 Å². The predicted octanol–water partition coefficient (Wildman–Crippen LogP) is 2.55. The van der Waals surface area contributed by atoms with Crippen LogP contribution in [0.3, 0.4) is 0 Å². The highest BCUT2D eigenvalue weighted by Gasteiger charge is 2.29. The van der Waals surface area contributed by atoms with Gasteiger partial charge in [0.2, 0.25) is 0 Å². The molecule has 4 heteroatoms. The van der Waals surface area contributed by atoms with Crippen molar-refractivity contribution in [3.63, 3.8) is 0 Å². The van der Waals surface area contributed by atoms with Crippen molar-refractivity contribution in [2.45, 2.75) is 13.8 Å². The molecule has 3 rings (SSSR count). The second-order valence-electron chi connectivity index (χ2n) is 5.88. The van der Waals surface area contributed by atoms with Gasteiger partial charge < -0.3 is 9.38 Å². The minimum absolute atomic E-state index is 1.12. The number of likely N-dealkylation sites (N-methyl/N-ethyl adjacent to an activating group) is 1. The fraction of sp³-hybridized carbons (Fsp3) is 0.471. The second-order valence-corrected chi connectivity index (χ2v) is 5.88. The molecule has 112 valence electrons. The number of quaternary nitrogens is 1. The van der Waals surface area contributed by atoms with E-state index in [-0.39, 0.29) is 0 Å². The number of piperazine rings is 1. The van der Waals surface area contributed by atoms with E-state index in [1.165, 1.54) is 36.3 Å². The van der Waals surface area contributed by atoms with Gasteiger partial charge in [-0.3, -0.25) is 0 Å². The van der Waals surface area contributed by atoms with Gasteiger partial charge in [-0.05, 0) is 44.2 Å². The summed E-state index contributed by atoms with van der Waals surface area (Å²) in [4.78, 5) is 2.51. The maximum absolute atomic E-state index is 4.27. The fourth-order valence-electron chi connectivity index (χ4n) is 3.24. The molecule has 0 bridgehead atoms. The lowest BCUT2D eigenvalue weighted by atomic mass is 10.2. The summed E-state index contributed by atoms with van der Waals surface area (Å²) in [6.07, 6.45) is 3.79. The summed E-state index contributed by atoms with van der Waals surface area (Å²) in [5, 5.41) is 4.27. The molecule has 1 aliphatic heterocycles. The van der Waals surface area contributed by atoms with Crippen molar-refractivity contribution in [3.05, 3.63) is 42.7 Å².